The van der Waals surface area contributed by atoms with Crippen molar-refractivity contribution in [2.75, 3.05) is 0 Å². The zero-order chi connectivity index (χ0) is 16.1. The van der Waals surface area contributed by atoms with E-state index in [1.807, 2.05) is 0 Å². The molecule has 0 spiro atoms. The van der Waals surface area contributed by atoms with Gasteiger partial charge in [-0.2, -0.15) is 4.57 Å². The van der Waals surface area contributed by atoms with Gasteiger partial charge in [-0.1, -0.05) is 18.2 Å². The first-order chi connectivity index (χ1) is 11.1. The monoisotopic (exact) mass is 312 g/mol. The summed E-state index contributed by atoms with van der Waals surface area (Å²) >= 11 is 0. The first-order valence-electron chi connectivity index (χ1n) is 7.68. The summed E-state index contributed by atoms with van der Waals surface area (Å²) < 4.78 is 7.73. The number of fused-ring (bicyclic) bond motifs is 1. The van der Waals surface area contributed by atoms with Gasteiger partial charge in [0.25, 0.3) is 11.5 Å². The lowest BCUT2D eigenvalue weighted by Gasteiger charge is -2.17. The van der Waals surface area contributed by atoms with Crippen molar-refractivity contribution in [2.24, 2.45) is 0 Å². The molecule has 6 nitrogen and oxygen atoms in total. The Morgan fingerprint density at radius 3 is 2.52 bits per heavy atom. The van der Waals surface area contributed by atoms with Crippen LogP contribution in [0.4, 0.5) is 0 Å². The zero-order valence-electron chi connectivity index (χ0n) is 12.6. The molecule has 23 heavy (non-hydrogen) atoms. The average Bonchev–Trinajstić information content (AvgIpc) is 3.23. The molecule has 1 aliphatic heterocycles. The van der Waals surface area contributed by atoms with Crippen LogP contribution in [0, 0.1) is 6.92 Å². The minimum absolute atomic E-state index is 0.0323. The van der Waals surface area contributed by atoms with Gasteiger partial charge < -0.3 is 4.74 Å². The number of aryl methyl sites for hydroxylation is 1. The maximum absolute atomic E-state index is 12.8. The number of aromatic nitrogens is 2. The molecular weight excluding hydrogens is 296 g/mol. The Morgan fingerprint density at radius 1 is 1.17 bits per heavy atom. The third-order valence-electron chi connectivity index (χ3n) is 4.61. The summed E-state index contributed by atoms with van der Waals surface area (Å²) in [5, 5.41) is 0. The normalized spacial score (nSPS) is 25.2. The molecule has 0 N–H and O–H groups in total. The number of epoxide rings is 1. The number of hydrogen-bond donors (Lipinski definition) is 0. The van der Waals surface area contributed by atoms with Crippen molar-refractivity contribution in [1.82, 2.24) is 9.13 Å². The van der Waals surface area contributed by atoms with E-state index >= 15 is 0 Å². The quantitative estimate of drug-likeness (QED) is 0.779. The maximum atomic E-state index is 12.8. The fourth-order valence-corrected chi connectivity index (χ4v) is 3.35. The second kappa shape index (κ2) is 5.03. The number of nitrogens with zero attached hydrogens (tertiary/aromatic N) is 2. The molecular formula is C17H16N2O4. The highest BCUT2D eigenvalue weighted by molar-refractivity contribution is 5.95. The van der Waals surface area contributed by atoms with Gasteiger partial charge in [0, 0.05) is 17.3 Å². The van der Waals surface area contributed by atoms with Crippen molar-refractivity contribution in [3.8, 4) is 0 Å². The lowest BCUT2D eigenvalue weighted by atomic mass is 10.2. The number of carbonyl (C=O) groups is 1. The van der Waals surface area contributed by atoms with Gasteiger partial charge in [0.05, 0.1) is 12.1 Å². The van der Waals surface area contributed by atoms with Gasteiger partial charge in [-0.05, 0) is 31.9 Å². The molecule has 118 valence electrons. The minimum atomic E-state index is -0.593. The summed E-state index contributed by atoms with van der Waals surface area (Å²) in [6.07, 6.45) is 3.54. The molecule has 1 saturated carbocycles. The van der Waals surface area contributed by atoms with Crippen LogP contribution in [0.2, 0.25) is 0 Å². The van der Waals surface area contributed by atoms with Crippen LogP contribution in [0.3, 0.4) is 0 Å². The number of carbonyl (C=O) groups excluding carboxylic acids is 1. The molecule has 3 atom stereocenters. The number of hydrogen-bond acceptors (Lipinski definition) is 4. The number of ether oxygens (including phenoxy) is 1. The van der Waals surface area contributed by atoms with Crippen LogP contribution < -0.4 is 11.2 Å². The molecule has 2 aromatic rings. The Balaban J connectivity index is 1.86. The van der Waals surface area contributed by atoms with Crippen molar-refractivity contribution in [2.45, 2.75) is 38.0 Å². The summed E-state index contributed by atoms with van der Waals surface area (Å²) in [7, 11) is 0. The van der Waals surface area contributed by atoms with E-state index in [-0.39, 0.29) is 18.2 Å². The van der Waals surface area contributed by atoms with E-state index in [0.29, 0.717) is 11.1 Å². The Bertz CT molecular complexity index is 897. The molecule has 0 amide bonds. The third-order valence-corrected chi connectivity index (χ3v) is 4.61. The molecule has 0 radical (unpaired) electrons. The number of benzene rings is 1. The van der Waals surface area contributed by atoms with Crippen LogP contribution in [-0.2, 0) is 4.74 Å². The molecule has 2 aliphatic rings. The van der Waals surface area contributed by atoms with E-state index < -0.39 is 17.2 Å². The highest BCUT2D eigenvalue weighted by Gasteiger charge is 2.51. The Labute approximate surface area is 131 Å². The highest BCUT2D eigenvalue weighted by atomic mass is 16.6. The van der Waals surface area contributed by atoms with Crippen LogP contribution >= 0.6 is 0 Å². The van der Waals surface area contributed by atoms with E-state index in [0.717, 1.165) is 17.4 Å². The standard InChI is InChI=1S/C17H16N2O4/c1-10-9-18(12-7-8-13-14(12)23-13)17(22)19(15(10)20)16(21)11-5-3-2-4-6-11/h2-6,9,12-14H,7-8H2,1H3/t12-,13-,14+/m0/s1. The second-order valence-corrected chi connectivity index (χ2v) is 6.10. The van der Waals surface area contributed by atoms with E-state index in [4.69, 9.17) is 4.74 Å². The van der Waals surface area contributed by atoms with E-state index in [1.54, 1.807) is 43.5 Å². The highest BCUT2D eigenvalue weighted by Crippen LogP contribution is 2.45. The van der Waals surface area contributed by atoms with Crippen molar-refractivity contribution < 1.29 is 9.53 Å². The maximum Gasteiger partial charge on any atom is 0.338 e. The van der Waals surface area contributed by atoms with Crippen molar-refractivity contribution in [3.05, 3.63) is 68.5 Å². The Kier molecular flexibility index (Phi) is 3.09. The van der Waals surface area contributed by atoms with Crippen LogP contribution in [0.15, 0.2) is 46.1 Å². The summed E-state index contributed by atoms with van der Waals surface area (Å²) in [5.41, 5.74) is -0.462. The van der Waals surface area contributed by atoms with Gasteiger partial charge in [-0.25, -0.2) is 4.79 Å². The molecule has 1 saturated heterocycles. The first-order valence-corrected chi connectivity index (χ1v) is 7.68. The van der Waals surface area contributed by atoms with E-state index in [1.165, 1.54) is 4.57 Å². The van der Waals surface area contributed by atoms with Gasteiger partial charge in [0.2, 0.25) is 0 Å². The molecule has 6 heteroatoms. The minimum Gasteiger partial charge on any atom is -0.367 e. The molecule has 4 rings (SSSR count). The summed E-state index contributed by atoms with van der Waals surface area (Å²) in [6.45, 7) is 1.62. The average molecular weight is 312 g/mol. The molecule has 0 unspecified atom stereocenters. The first kappa shape index (κ1) is 14.1. The van der Waals surface area contributed by atoms with Crippen LogP contribution in [0.5, 0.6) is 0 Å². The lowest BCUT2D eigenvalue weighted by molar-refractivity contribution is 0.0946. The summed E-state index contributed by atoms with van der Waals surface area (Å²) in [5.74, 6) is -0.593. The molecule has 0 bridgehead atoms. The van der Waals surface area contributed by atoms with Crippen molar-refractivity contribution in [3.63, 3.8) is 0 Å². The smallest absolute Gasteiger partial charge is 0.338 e. The Morgan fingerprint density at radius 2 is 1.91 bits per heavy atom. The van der Waals surface area contributed by atoms with E-state index in [2.05, 4.69) is 0 Å². The number of rotatable bonds is 2. The van der Waals surface area contributed by atoms with Crippen LogP contribution in [0.1, 0.15) is 34.8 Å². The summed E-state index contributed by atoms with van der Waals surface area (Å²) in [4.78, 5) is 37.7. The predicted octanol–water partition coefficient (Wildman–Crippen LogP) is 1.11. The van der Waals surface area contributed by atoms with Crippen molar-refractivity contribution >= 4 is 5.91 Å². The fourth-order valence-electron chi connectivity index (χ4n) is 3.35. The van der Waals surface area contributed by atoms with Crippen molar-refractivity contribution in [1.29, 1.82) is 0 Å². The topological polar surface area (TPSA) is 73.6 Å². The van der Waals surface area contributed by atoms with Crippen LogP contribution in [0.25, 0.3) is 0 Å². The largest absolute Gasteiger partial charge is 0.367 e. The predicted molar refractivity (Wildman–Crippen MR) is 82.8 cm³/mol. The lowest BCUT2D eigenvalue weighted by Crippen LogP contribution is -2.46. The Hall–Kier alpha value is -2.47. The van der Waals surface area contributed by atoms with Gasteiger partial charge >= 0.3 is 5.69 Å². The molecule has 1 aromatic carbocycles. The van der Waals surface area contributed by atoms with E-state index in [9.17, 15) is 14.4 Å². The molecule has 2 heterocycles. The van der Waals surface area contributed by atoms with Gasteiger partial charge in [-0.3, -0.25) is 14.2 Å². The summed E-state index contributed by atoms with van der Waals surface area (Å²) in [6, 6.07) is 8.27. The molecule has 1 aromatic heterocycles. The van der Waals surface area contributed by atoms with Gasteiger partial charge in [0.15, 0.2) is 0 Å². The molecule has 2 fully saturated rings. The van der Waals surface area contributed by atoms with Gasteiger partial charge in [0.1, 0.15) is 6.10 Å². The SMILES string of the molecule is Cc1cn([C@H]2CC[C@@H]3O[C@@H]32)c(=O)n(C(=O)c2ccccc2)c1=O. The third kappa shape index (κ3) is 2.17. The fraction of sp³-hybridized carbons (Fsp3) is 0.353. The van der Waals surface area contributed by atoms with Crippen LogP contribution in [-0.4, -0.2) is 27.2 Å². The second-order valence-electron chi connectivity index (χ2n) is 6.10. The van der Waals surface area contributed by atoms with Gasteiger partial charge in [-0.15, -0.1) is 0 Å². The molecule has 1 aliphatic carbocycles. The zero-order valence-corrected chi connectivity index (χ0v) is 12.6.